The van der Waals surface area contributed by atoms with Crippen LogP contribution in [-0.4, -0.2) is 38.3 Å². The second-order valence-corrected chi connectivity index (χ2v) is 9.26. The van der Waals surface area contributed by atoms with E-state index in [4.69, 9.17) is 10.6 Å². The molecule has 1 atom stereocenters. The number of ether oxygens (including phenoxy) is 1. The number of nitrogens with two attached hydrogens (primary N) is 1. The highest BCUT2D eigenvalue weighted by Gasteiger charge is 2.42. The first-order valence-electron chi connectivity index (χ1n) is 10.6. The maximum Gasteiger partial charge on any atom is 0.123 e. The molecular formula is C25H31F2N3OS. The molecule has 7 heteroatoms. The summed E-state index contributed by atoms with van der Waals surface area (Å²) < 4.78 is 30.8. The van der Waals surface area contributed by atoms with Crippen molar-refractivity contribution in [2.45, 2.75) is 24.7 Å². The first-order chi connectivity index (χ1) is 15.5. The lowest BCUT2D eigenvalue weighted by molar-refractivity contribution is 0.0745. The highest BCUT2D eigenvalue weighted by molar-refractivity contribution is 7.97. The molecule has 1 saturated heterocycles. The number of allylic oxidation sites excluding steroid dienone is 2. The van der Waals surface area contributed by atoms with Gasteiger partial charge in [-0.25, -0.2) is 14.5 Å². The molecule has 1 heterocycles. The van der Waals surface area contributed by atoms with Crippen molar-refractivity contribution in [3.63, 3.8) is 0 Å². The average molecular weight is 460 g/mol. The minimum absolute atomic E-state index is 0.0643. The van der Waals surface area contributed by atoms with E-state index in [2.05, 4.69) is 17.3 Å². The van der Waals surface area contributed by atoms with Crippen molar-refractivity contribution in [1.82, 2.24) is 4.31 Å². The van der Waals surface area contributed by atoms with Crippen LogP contribution in [0.25, 0.3) is 0 Å². The summed E-state index contributed by atoms with van der Waals surface area (Å²) in [6.07, 6.45) is 4.13. The van der Waals surface area contributed by atoms with Crippen molar-refractivity contribution >= 4 is 17.6 Å². The van der Waals surface area contributed by atoms with Crippen molar-refractivity contribution in [2.75, 3.05) is 39.0 Å². The van der Waals surface area contributed by atoms with Crippen LogP contribution >= 0.6 is 11.9 Å². The Morgan fingerprint density at radius 1 is 1.12 bits per heavy atom. The van der Waals surface area contributed by atoms with E-state index in [0.29, 0.717) is 13.8 Å². The maximum absolute atomic E-state index is 13.2. The van der Waals surface area contributed by atoms with Gasteiger partial charge in [0.1, 0.15) is 5.82 Å². The smallest absolute Gasteiger partial charge is 0.123 e. The van der Waals surface area contributed by atoms with Crippen LogP contribution in [0.15, 0.2) is 82.4 Å². The second-order valence-electron chi connectivity index (χ2n) is 8.09. The zero-order valence-electron chi connectivity index (χ0n) is 18.9. The van der Waals surface area contributed by atoms with Crippen molar-refractivity contribution in [3.05, 3.63) is 83.3 Å². The topological polar surface area (TPSA) is 41.7 Å². The number of nitrogens with zero attached hydrogens (tertiary/aromatic N) is 2. The molecule has 2 aliphatic rings. The van der Waals surface area contributed by atoms with E-state index in [1.54, 1.807) is 24.1 Å². The third-order valence-corrected chi connectivity index (χ3v) is 6.96. The first-order valence-corrected chi connectivity index (χ1v) is 11.3. The van der Waals surface area contributed by atoms with Crippen LogP contribution in [0.2, 0.25) is 0 Å². The number of hydrogen-bond donors (Lipinski definition) is 1. The number of hydrazine groups is 1. The number of rotatable bonds is 6. The quantitative estimate of drug-likeness (QED) is 0.339. The van der Waals surface area contributed by atoms with Crippen molar-refractivity contribution in [2.24, 2.45) is 11.3 Å². The molecule has 2 aromatic rings. The molecule has 0 amide bonds. The number of para-hydroxylation sites is 1. The zero-order valence-corrected chi connectivity index (χ0v) is 19.7. The monoisotopic (exact) mass is 459 g/mol. The number of alkyl halides is 1. The fraction of sp³-hybridized carbons (Fsp3) is 0.360. The third kappa shape index (κ3) is 5.41. The number of piperidine rings is 1. The summed E-state index contributed by atoms with van der Waals surface area (Å²) >= 11 is 1.69. The van der Waals surface area contributed by atoms with Gasteiger partial charge >= 0.3 is 0 Å². The average Bonchev–Trinajstić information content (AvgIpc) is 2.81. The van der Waals surface area contributed by atoms with E-state index >= 15 is 0 Å². The lowest BCUT2D eigenvalue weighted by Gasteiger charge is -2.47. The Bertz CT molecular complexity index is 949. The first kappa shape index (κ1) is 24.5. The fourth-order valence-corrected chi connectivity index (χ4v) is 5.55. The normalized spacial score (nSPS) is 20.8. The summed E-state index contributed by atoms with van der Waals surface area (Å²) in [6.45, 7) is 4.64. The molecule has 0 bridgehead atoms. The molecule has 0 spiro atoms. The molecule has 1 unspecified atom stereocenters. The Morgan fingerprint density at radius 3 is 2.47 bits per heavy atom. The lowest BCUT2D eigenvalue weighted by Crippen LogP contribution is -2.47. The fourth-order valence-electron chi connectivity index (χ4n) is 4.50. The van der Waals surface area contributed by atoms with Crippen LogP contribution in [0, 0.1) is 11.2 Å². The molecule has 1 aliphatic heterocycles. The SMILES string of the molecule is CF.COCC12CC(C)=C(N(N)c3ccccc3)C=C1CCN(Sc1ccc(F)cc1)C2. The third-order valence-electron chi connectivity index (χ3n) is 5.91. The zero-order chi connectivity index (χ0) is 23.1. The van der Waals surface area contributed by atoms with Gasteiger partial charge in [0, 0.05) is 30.5 Å². The van der Waals surface area contributed by atoms with Crippen molar-refractivity contribution < 1.29 is 13.5 Å². The Labute approximate surface area is 193 Å². The van der Waals surface area contributed by atoms with Crippen LogP contribution in [0.5, 0.6) is 0 Å². The summed E-state index contributed by atoms with van der Waals surface area (Å²) in [5.74, 6) is 6.29. The predicted molar refractivity (Wildman–Crippen MR) is 128 cm³/mol. The summed E-state index contributed by atoms with van der Waals surface area (Å²) in [6, 6.07) is 16.8. The van der Waals surface area contributed by atoms with Crippen LogP contribution in [0.3, 0.4) is 0 Å². The van der Waals surface area contributed by atoms with Crippen LogP contribution < -0.4 is 10.9 Å². The van der Waals surface area contributed by atoms with E-state index in [9.17, 15) is 8.78 Å². The van der Waals surface area contributed by atoms with Gasteiger partial charge in [-0.2, -0.15) is 0 Å². The number of halogens is 2. The number of fused-ring (bicyclic) bond motifs is 1. The van der Waals surface area contributed by atoms with Crippen LogP contribution in [-0.2, 0) is 4.74 Å². The molecule has 0 saturated carbocycles. The van der Waals surface area contributed by atoms with Gasteiger partial charge < -0.3 is 4.74 Å². The Kier molecular flexibility index (Phi) is 8.48. The molecule has 2 N–H and O–H groups in total. The maximum atomic E-state index is 13.2. The molecular weight excluding hydrogens is 428 g/mol. The van der Waals surface area contributed by atoms with Crippen LogP contribution in [0.4, 0.5) is 14.5 Å². The lowest BCUT2D eigenvalue weighted by atomic mass is 9.69. The largest absolute Gasteiger partial charge is 0.384 e. The van der Waals surface area contributed by atoms with Gasteiger partial charge in [-0.1, -0.05) is 23.8 Å². The van der Waals surface area contributed by atoms with Gasteiger partial charge in [-0.05, 0) is 79.8 Å². The molecule has 172 valence electrons. The number of hydrogen-bond acceptors (Lipinski definition) is 5. The van der Waals surface area contributed by atoms with E-state index in [1.807, 2.05) is 42.5 Å². The van der Waals surface area contributed by atoms with Crippen molar-refractivity contribution in [1.29, 1.82) is 0 Å². The predicted octanol–water partition coefficient (Wildman–Crippen LogP) is 5.74. The molecule has 32 heavy (non-hydrogen) atoms. The van der Waals surface area contributed by atoms with E-state index in [-0.39, 0.29) is 11.2 Å². The standard InChI is InChI=1S/C24H28FN3OS.CH3F/c1-18-15-24(17-29-2)16-27(30-22-10-8-20(25)9-11-22)13-12-19(24)14-23(18)28(26)21-6-4-3-5-7-21;1-2/h3-11,14H,12-13,15-17,26H2,1-2H3;1H3. The molecule has 0 radical (unpaired) electrons. The highest BCUT2D eigenvalue weighted by atomic mass is 32.2. The van der Waals surface area contributed by atoms with Gasteiger partial charge in [0.15, 0.2) is 0 Å². The van der Waals surface area contributed by atoms with Gasteiger partial charge in [-0.15, -0.1) is 0 Å². The Hall–Kier alpha value is -2.19. The minimum atomic E-state index is -0.204. The Morgan fingerprint density at radius 2 is 1.81 bits per heavy atom. The van der Waals surface area contributed by atoms with Crippen LogP contribution in [0.1, 0.15) is 19.8 Å². The van der Waals surface area contributed by atoms with E-state index in [1.165, 1.54) is 23.3 Å². The molecule has 1 aliphatic carbocycles. The number of methoxy groups -OCH3 is 1. The van der Waals surface area contributed by atoms with Gasteiger partial charge in [0.25, 0.3) is 0 Å². The molecule has 0 aromatic heterocycles. The second kappa shape index (κ2) is 11.1. The number of anilines is 1. The highest BCUT2D eigenvalue weighted by Crippen LogP contribution is 2.47. The van der Waals surface area contributed by atoms with E-state index < -0.39 is 0 Å². The number of benzene rings is 2. The summed E-state index contributed by atoms with van der Waals surface area (Å²) in [5.41, 5.74) is 4.64. The minimum Gasteiger partial charge on any atom is -0.384 e. The molecule has 4 rings (SSSR count). The summed E-state index contributed by atoms with van der Waals surface area (Å²) in [4.78, 5) is 1.05. The van der Waals surface area contributed by atoms with Gasteiger partial charge in [0.05, 0.1) is 25.2 Å². The van der Waals surface area contributed by atoms with Gasteiger partial charge in [-0.3, -0.25) is 9.40 Å². The molecule has 1 fully saturated rings. The van der Waals surface area contributed by atoms with E-state index in [0.717, 1.165) is 42.2 Å². The summed E-state index contributed by atoms with van der Waals surface area (Å²) in [7, 11) is 2.27. The molecule has 2 aromatic carbocycles. The van der Waals surface area contributed by atoms with Crippen molar-refractivity contribution in [3.8, 4) is 0 Å². The van der Waals surface area contributed by atoms with Gasteiger partial charge in [0.2, 0.25) is 0 Å². The Balaban J connectivity index is 0.00000141. The summed E-state index contributed by atoms with van der Waals surface area (Å²) in [5, 5.41) is 1.79. The molecule has 4 nitrogen and oxygen atoms in total.